The standard InChI is InChI=1S/C18H16BrN3O2/c19-14-4-5-17-15(9-14)16(6-7-24-17)22-18(23)21-11-13-3-1-2-12(8-13)10-20/h1-5,8-9,16H,6-7,11H2,(H2,21,22,23). The largest absolute Gasteiger partial charge is 0.493 e. The highest BCUT2D eigenvalue weighted by molar-refractivity contribution is 9.10. The summed E-state index contributed by atoms with van der Waals surface area (Å²) in [4.78, 5) is 12.2. The maximum atomic E-state index is 12.2. The highest BCUT2D eigenvalue weighted by Gasteiger charge is 2.23. The molecular weight excluding hydrogens is 370 g/mol. The number of nitriles is 1. The fourth-order valence-corrected chi connectivity index (χ4v) is 3.04. The van der Waals surface area contributed by atoms with E-state index in [-0.39, 0.29) is 12.1 Å². The van der Waals surface area contributed by atoms with Gasteiger partial charge < -0.3 is 15.4 Å². The summed E-state index contributed by atoms with van der Waals surface area (Å²) in [5.74, 6) is 0.802. The minimum atomic E-state index is -0.241. The van der Waals surface area contributed by atoms with Gasteiger partial charge in [0.15, 0.2) is 0 Å². The van der Waals surface area contributed by atoms with E-state index in [0.29, 0.717) is 18.7 Å². The molecule has 0 radical (unpaired) electrons. The number of rotatable bonds is 3. The van der Waals surface area contributed by atoms with Crippen LogP contribution >= 0.6 is 15.9 Å². The average molecular weight is 386 g/mol. The van der Waals surface area contributed by atoms with Gasteiger partial charge in [-0.05, 0) is 35.9 Å². The fraction of sp³-hybridized carbons (Fsp3) is 0.222. The molecule has 0 saturated carbocycles. The number of benzene rings is 2. The van der Waals surface area contributed by atoms with Gasteiger partial charge in [-0.1, -0.05) is 28.1 Å². The number of nitrogens with one attached hydrogen (secondary N) is 2. The molecule has 2 aromatic carbocycles. The normalized spacial score (nSPS) is 15.6. The van der Waals surface area contributed by atoms with E-state index in [1.807, 2.05) is 24.3 Å². The summed E-state index contributed by atoms with van der Waals surface area (Å²) >= 11 is 3.45. The van der Waals surface area contributed by atoms with Gasteiger partial charge in [0.25, 0.3) is 0 Å². The summed E-state index contributed by atoms with van der Waals surface area (Å²) in [6, 6.07) is 14.7. The summed E-state index contributed by atoms with van der Waals surface area (Å²) in [7, 11) is 0. The van der Waals surface area contributed by atoms with E-state index in [9.17, 15) is 4.79 Å². The number of nitrogens with zero attached hydrogens (tertiary/aromatic N) is 1. The zero-order valence-electron chi connectivity index (χ0n) is 12.9. The minimum Gasteiger partial charge on any atom is -0.493 e. The predicted octanol–water partition coefficient (Wildman–Crippen LogP) is 3.64. The molecular formula is C18H16BrN3O2. The SMILES string of the molecule is N#Cc1cccc(CNC(=O)NC2CCOc3ccc(Br)cc32)c1. The highest BCUT2D eigenvalue weighted by Crippen LogP contribution is 2.33. The molecule has 1 atom stereocenters. The fourth-order valence-electron chi connectivity index (χ4n) is 2.66. The second-order valence-electron chi connectivity index (χ2n) is 5.51. The van der Waals surface area contributed by atoms with E-state index in [1.54, 1.807) is 18.2 Å². The summed E-state index contributed by atoms with van der Waals surface area (Å²) < 4.78 is 6.57. The Hall–Kier alpha value is -2.52. The molecule has 2 aromatic rings. The number of fused-ring (bicyclic) bond motifs is 1. The van der Waals surface area contributed by atoms with Crippen LogP contribution in [0.5, 0.6) is 5.75 Å². The van der Waals surface area contributed by atoms with Crippen molar-refractivity contribution in [3.63, 3.8) is 0 Å². The number of halogens is 1. The van der Waals surface area contributed by atoms with Crippen LogP contribution in [-0.2, 0) is 6.54 Å². The lowest BCUT2D eigenvalue weighted by Crippen LogP contribution is -2.39. The smallest absolute Gasteiger partial charge is 0.315 e. The Labute approximate surface area is 148 Å². The summed E-state index contributed by atoms with van der Waals surface area (Å²) in [5, 5.41) is 14.7. The Kier molecular flexibility index (Phi) is 5.02. The van der Waals surface area contributed by atoms with E-state index in [2.05, 4.69) is 32.6 Å². The second kappa shape index (κ2) is 7.37. The number of hydrogen-bond acceptors (Lipinski definition) is 3. The first-order valence-corrected chi connectivity index (χ1v) is 8.40. The topological polar surface area (TPSA) is 74.2 Å². The molecule has 1 heterocycles. The van der Waals surface area contributed by atoms with E-state index in [1.165, 1.54) is 0 Å². The molecule has 0 saturated heterocycles. The Morgan fingerprint density at radius 2 is 2.21 bits per heavy atom. The lowest BCUT2D eigenvalue weighted by molar-refractivity contribution is 0.223. The molecule has 1 unspecified atom stereocenters. The molecule has 0 aromatic heterocycles. The van der Waals surface area contributed by atoms with Gasteiger partial charge in [-0.3, -0.25) is 0 Å². The zero-order valence-corrected chi connectivity index (χ0v) is 14.5. The molecule has 1 aliphatic rings. The first kappa shape index (κ1) is 16.3. The maximum absolute atomic E-state index is 12.2. The molecule has 122 valence electrons. The molecule has 0 fully saturated rings. The third kappa shape index (κ3) is 3.87. The molecule has 0 spiro atoms. The predicted molar refractivity (Wildman–Crippen MR) is 93.5 cm³/mol. The molecule has 6 heteroatoms. The molecule has 2 N–H and O–H groups in total. The number of urea groups is 1. The van der Waals surface area contributed by atoms with Crippen LogP contribution in [0.4, 0.5) is 4.79 Å². The van der Waals surface area contributed by atoms with Crippen molar-refractivity contribution in [1.29, 1.82) is 5.26 Å². The van der Waals surface area contributed by atoms with Crippen LogP contribution in [0.2, 0.25) is 0 Å². The molecule has 2 amide bonds. The Morgan fingerprint density at radius 1 is 1.33 bits per heavy atom. The monoisotopic (exact) mass is 385 g/mol. The summed E-state index contributed by atoms with van der Waals surface area (Å²) in [6.07, 6.45) is 0.723. The van der Waals surface area contributed by atoms with Crippen molar-refractivity contribution in [2.75, 3.05) is 6.61 Å². The average Bonchev–Trinajstić information content (AvgIpc) is 2.61. The molecule has 0 bridgehead atoms. The van der Waals surface area contributed by atoms with Crippen LogP contribution in [0, 0.1) is 11.3 Å². The van der Waals surface area contributed by atoms with Crippen molar-refractivity contribution in [3.8, 4) is 11.8 Å². The van der Waals surface area contributed by atoms with Crippen molar-refractivity contribution < 1.29 is 9.53 Å². The van der Waals surface area contributed by atoms with Crippen molar-refractivity contribution in [1.82, 2.24) is 10.6 Å². The Balaban J connectivity index is 1.62. The van der Waals surface area contributed by atoms with Crippen LogP contribution < -0.4 is 15.4 Å². The number of carbonyl (C=O) groups is 1. The van der Waals surface area contributed by atoms with Crippen molar-refractivity contribution in [2.45, 2.75) is 19.0 Å². The van der Waals surface area contributed by atoms with Crippen LogP contribution in [-0.4, -0.2) is 12.6 Å². The van der Waals surface area contributed by atoms with Crippen LogP contribution in [0.3, 0.4) is 0 Å². The number of carbonyl (C=O) groups excluding carboxylic acids is 1. The van der Waals surface area contributed by atoms with Crippen molar-refractivity contribution in [3.05, 3.63) is 63.6 Å². The number of hydrogen-bond donors (Lipinski definition) is 2. The number of ether oxygens (including phenoxy) is 1. The third-order valence-electron chi connectivity index (χ3n) is 3.83. The Bertz CT molecular complexity index is 801. The second-order valence-corrected chi connectivity index (χ2v) is 6.43. The highest BCUT2D eigenvalue weighted by atomic mass is 79.9. The number of amides is 2. The van der Waals surface area contributed by atoms with Crippen LogP contribution in [0.15, 0.2) is 46.9 Å². The van der Waals surface area contributed by atoms with Gasteiger partial charge in [0.1, 0.15) is 5.75 Å². The van der Waals surface area contributed by atoms with Gasteiger partial charge in [0, 0.05) is 23.0 Å². The molecule has 5 nitrogen and oxygen atoms in total. The first-order valence-electron chi connectivity index (χ1n) is 7.61. The third-order valence-corrected chi connectivity index (χ3v) is 4.32. The van der Waals surface area contributed by atoms with Crippen LogP contribution in [0.25, 0.3) is 0 Å². The molecule has 24 heavy (non-hydrogen) atoms. The van der Waals surface area contributed by atoms with Crippen LogP contribution in [0.1, 0.15) is 29.2 Å². The quantitative estimate of drug-likeness (QED) is 0.846. The van der Waals surface area contributed by atoms with Crippen molar-refractivity contribution >= 4 is 22.0 Å². The molecule has 3 rings (SSSR count). The van der Waals surface area contributed by atoms with Gasteiger partial charge in [-0.2, -0.15) is 5.26 Å². The zero-order chi connectivity index (χ0) is 16.9. The van der Waals surface area contributed by atoms with E-state index >= 15 is 0 Å². The van der Waals surface area contributed by atoms with E-state index in [0.717, 1.165) is 27.8 Å². The summed E-state index contributed by atoms with van der Waals surface area (Å²) in [6.45, 7) is 0.944. The first-order chi connectivity index (χ1) is 11.7. The van der Waals surface area contributed by atoms with Gasteiger partial charge in [0.2, 0.25) is 0 Å². The molecule has 0 aliphatic carbocycles. The minimum absolute atomic E-state index is 0.0864. The van der Waals surface area contributed by atoms with Gasteiger partial charge in [-0.15, -0.1) is 0 Å². The van der Waals surface area contributed by atoms with Crippen molar-refractivity contribution in [2.24, 2.45) is 0 Å². The lowest BCUT2D eigenvalue weighted by atomic mass is 10.0. The summed E-state index contributed by atoms with van der Waals surface area (Å²) in [5.41, 5.74) is 2.44. The molecule has 1 aliphatic heterocycles. The van der Waals surface area contributed by atoms with E-state index < -0.39 is 0 Å². The Morgan fingerprint density at radius 3 is 3.04 bits per heavy atom. The lowest BCUT2D eigenvalue weighted by Gasteiger charge is -2.27. The van der Waals surface area contributed by atoms with Gasteiger partial charge >= 0.3 is 6.03 Å². The van der Waals surface area contributed by atoms with Gasteiger partial charge in [0.05, 0.1) is 24.3 Å². The maximum Gasteiger partial charge on any atom is 0.315 e. The van der Waals surface area contributed by atoms with E-state index in [4.69, 9.17) is 10.00 Å². The van der Waals surface area contributed by atoms with Gasteiger partial charge in [-0.25, -0.2) is 4.79 Å².